The number of nitrogens with one attached hydrogen (secondary N) is 1. The minimum atomic E-state index is -4.30. The van der Waals surface area contributed by atoms with Crippen molar-refractivity contribution in [3.8, 4) is 0 Å². The lowest BCUT2D eigenvalue weighted by Crippen LogP contribution is -2.28. The van der Waals surface area contributed by atoms with Crippen LogP contribution in [0.4, 0.5) is 13.2 Å². The first-order chi connectivity index (χ1) is 8.63. The van der Waals surface area contributed by atoms with Gasteiger partial charge in [-0.05, 0) is 45.5 Å². The van der Waals surface area contributed by atoms with Gasteiger partial charge in [-0.2, -0.15) is 13.2 Å². The molecular formula is C14H20F3NO. The van der Waals surface area contributed by atoms with Crippen molar-refractivity contribution in [2.24, 2.45) is 0 Å². The van der Waals surface area contributed by atoms with Crippen molar-refractivity contribution >= 4 is 0 Å². The lowest BCUT2D eigenvalue weighted by Gasteiger charge is -2.24. The first kappa shape index (κ1) is 16.0. The maximum Gasteiger partial charge on any atom is 0.416 e. The van der Waals surface area contributed by atoms with Crippen LogP contribution in [0.1, 0.15) is 37.9 Å². The van der Waals surface area contributed by atoms with Crippen molar-refractivity contribution in [3.63, 3.8) is 0 Å². The van der Waals surface area contributed by atoms with E-state index >= 15 is 0 Å². The summed E-state index contributed by atoms with van der Waals surface area (Å²) in [5, 5.41) is 3.04. The summed E-state index contributed by atoms with van der Waals surface area (Å²) in [6, 6.07) is 5.03. The van der Waals surface area contributed by atoms with Gasteiger partial charge in [-0.25, -0.2) is 0 Å². The molecule has 0 aliphatic rings. The Morgan fingerprint density at radius 1 is 1.11 bits per heavy atom. The summed E-state index contributed by atoms with van der Waals surface area (Å²) in [4.78, 5) is 0. The van der Waals surface area contributed by atoms with E-state index in [1.807, 2.05) is 20.8 Å². The molecule has 0 amide bonds. The van der Waals surface area contributed by atoms with Crippen molar-refractivity contribution in [1.29, 1.82) is 0 Å². The van der Waals surface area contributed by atoms with Crippen LogP contribution in [0.2, 0.25) is 0 Å². The number of alkyl halides is 3. The third kappa shape index (κ3) is 5.20. The number of likely N-dealkylation sites (N-methyl/N-ethyl adjacent to an activating group) is 1. The maximum atomic E-state index is 12.5. The lowest BCUT2D eigenvalue weighted by atomic mass is 10.0. The second-order valence-corrected chi connectivity index (χ2v) is 5.38. The molecule has 1 aromatic carbocycles. The summed E-state index contributed by atoms with van der Waals surface area (Å²) in [5.41, 5.74) is -0.135. The molecule has 0 heterocycles. The summed E-state index contributed by atoms with van der Waals surface area (Å²) in [6.07, 6.45) is -4.30. The van der Waals surface area contributed by atoms with Gasteiger partial charge < -0.3 is 10.1 Å². The van der Waals surface area contributed by atoms with Crippen LogP contribution >= 0.6 is 0 Å². The summed E-state index contributed by atoms with van der Waals surface area (Å²) in [7, 11) is 1.76. The highest BCUT2D eigenvalue weighted by Gasteiger charge is 2.30. The fourth-order valence-electron chi connectivity index (χ4n) is 1.58. The van der Waals surface area contributed by atoms with Gasteiger partial charge in [0, 0.05) is 0 Å². The topological polar surface area (TPSA) is 21.3 Å². The zero-order valence-electron chi connectivity index (χ0n) is 11.6. The first-order valence-electron chi connectivity index (χ1n) is 6.12. The number of halogens is 3. The fourth-order valence-corrected chi connectivity index (χ4v) is 1.58. The van der Waals surface area contributed by atoms with E-state index in [0.29, 0.717) is 6.61 Å². The second-order valence-electron chi connectivity index (χ2n) is 5.38. The van der Waals surface area contributed by atoms with Gasteiger partial charge >= 0.3 is 6.18 Å². The Hall–Kier alpha value is -1.07. The summed E-state index contributed by atoms with van der Waals surface area (Å²) in [5.74, 6) is 0. The second kappa shape index (κ2) is 5.92. The molecule has 0 aliphatic carbocycles. The zero-order valence-corrected chi connectivity index (χ0v) is 11.6. The Balaban J connectivity index is 2.77. The zero-order chi connectivity index (χ0) is 14.7. The van der Waals surface area contributed by atoms with Crippen LogP contribution in [0.3, 0.4) is 0 Å². The molecule has 0 radical (unpaired) electrons. The third-order valence-electron chi connectivity index (χ3n) is 2.67. The van der Waals surface area contributed by atoms with E-state index in [1.54, 1.807) is 7.05 Å². The van der Waals surface area contributed by atoms with Crippen molar-refractivity contribution in [2.75, 3.05) is 13.7 Å². The molecule has 0 spiro atoms. The smallest absolute Gasteiger partial charge is 0.374 e. The van der Waals surface area contributed by atoms with E-state index in [-0.39, 0.29) is 11.6 Å². The Bertz CT molecular complexity index is 393. The molecule has 5 heteroatoms. The molecule has 19 heavy (non-hydrogen) atoms. The number of rotatable bonds is 4. The predicted octanol–water partition coefficient (Wildman–Crippen LogP) is 3.78. The summed E-state index contributed by atoms with van der Waals surface area (Å²) < 4.78 is 43.0. The van der Waals surface area contributed by atoms with Crippen LogP contribution in [0.5, 0.6) is 0 Å². The average molecular weight is 275 g/mol. The monoisotopic (exact) mass is 275 g/mol. The van der Waals surface area contributed by atoms with Gasteiger partial charge in [-0.15, -0.1) is 0 Å². The van der Waals surface area contributed by atoms with Gasteiger partial charge in [0.1, 0.15) is 0 Å². The van der Waals surface area contributed by atoms with E-state index < -0.39 is 11.7 Å². The average Bonchev–Trinajstić information content (AvgIpc) is 2.28. The molecule has 0 saturated carbocycles. The number of hydrogen-bond acceptors (Lipinski definition) is 2. The fraction of sp³-hybridized carbons (Fsp3) is 0.571. The third-order valence-corrected chi connectivity index (χ3v) is 2.67. The quantitative estimate of drug-likeness (QED) is 0.903. The summed E-state index contributed by atoms with van der Waals surface area (Å²) >= 11 is 0. The Morgan fingerprint density at radius 2 is 1.63 bits per heavy atom. The van der Waals surface area contributed by atoms with Crippen LogP contribution in [0, 0.1) is 0 Å². The van der Waals surface area contributed by atoms with Crippen molar-refractivity contribution in [3.05, 3.63) is 35.4 Å². The number of hydrogen-bond donors (Lipinski definition) is 1. The molecule has 1 unspecified atom stereocenters. The highest BCUT2D eigenvalue weighted by molar-refractivity contribution is 5.26. The van der Waals surface area contributed by atoms with Crippen molar-refractivity contribution in [1.82, 2.24) is 5.32 Å². The van der Waals surface area contributed by atoms with E-state index in [4.69, 9.17) is 4.74 Å². The van der Waals surface area contributed by atoms with Gasteiger partial charge in [0.25, 0.3) is 0 Å². The SMILES string of the molecule is CNC(COC(C)(C)C)c1ccc(C(F)(F)F)cc1. The molecule has 0 saturated heterocycles. The minimum absolute atomic E-state index is 0.124. The molecular weight excluding hydrogens is 255 g/mol. The normalized spacial score (nSPS) is 14.5. The molecule has 108 valence electrons. The standard InChI is InChI=1S/C14H20F3NO/c1-13(2,3)19-9-12(18-4)10-5-7-11(8-6-10)14(15,16)17/h5-8,12,18H,9H2,1-4H3. The molecule has 1 aromatic rings. The van der Waals surface area contributed by atoms with Crippen LogP contribution in [0.25, 0.3) is 0 Å². The molecule has 0 bridgehead atoms. The lowest BCUT2D eigenvalue weighted by molar-refractivity contribution is -0.137. The Labute approximate surface area is 112 Å². The van der Waals surface area contributed by atoms with Crippen LogP contribution in [0.15, 0.2) is 24.3 Å². The molecule has 2 nitrogen and oxygen atoms in total. The van der Waals surface area contributed by atoms with E-state index in [0.717, 1.165) is 17.7 Å². The van der Waals surface area contributed by atoms with Crippen LogP contribution in [-0.2, 0) is 10.9 Å². The predicted molar refractivity (Wildman–Crippen MR) is 68.9 cm³/mol. The molecule has 0 aromatic heterocycles. The van der Waals surface area contributed by atoms with Crippen LogP contribution in [-0.4, -0.2) is 19.3 Å². The van der Waals surface area contributed by atoms with Gasteiger partial charge in [0.15, 0.2) is 0 Å². The van der Waals surface area contributed by atoms with E-state index in [9.17, 15) is 13.2 Å². The highest BCUT2D eigenvalue weighted by atomic mass is 19.4. The van der Waals surface area contributed by atoms with Gasteiger partial charge in [0.05, 0.1) is 23.8 Å². The minimum Gasteiger partial charge on any atom is -0.374 e. The largest absolute Gasteiger partial charge is 0.416 e. The van der Waals surface area contributed by atoms with Crippen molar-refractivity contribution in [2.45, 2.75) is 38.6 Å². The highest BCUT2D eigenvalue weighted by Crippen LogP contribution is 2.30. The first-order valence-corrected chi connectivity index (χ1v) is 6.12. The molecule has 0 aliphatic heterocycles. The molecule has 1 rings (SSSR count). The number of ether oxygens (including phenoxy) is 1. The number of benzene rings is 1. The molecule has 0 fully saturated rings. The molecule has 1 N–H and O–H groups in total. The van der Waals surface area contributed by atoms with E-state index in [2.05, 4.69) is 5.32 Å². The van der Waals surface area contributed by atoms with Gasteiger partial charge in [-0.3, -0.25) is 0 Å². The Kier molecular flexibility index (Phi) is 4.98. The Morgan fingerprint density at radius 3 is 2.00 bits per heavy atom. The molecule has 1 atom stereocenters. The van der Waals surface area contributed by atoms with Gasteiger partial charge in [0.2, 0.25) is 0 Å². The van der Waals surface area contributed by atoms with Crippen LogP contribution < -0.4 is 5.32 Å². The van der Waals surface area contributed by atoms with E-state index in [1.165, 1.54) is 12.1 Å². The van der Waals surface area contributed by atoms with Crippen molar-refractivity contribution < 1.29 is 17.9 Å². The van der Waals surface area contributed by atoms with Gasteiger partial charge in [-0.1, -0.05) is 12.1 Å². The maximum absolute atomic E-state index is 12.5. The summed E-state index contributed by atoms with van der Waals surface area (Å²) in [6.45, 7) is 6.22.